The van der Waals surface area contributed by atoms with Crippen molar-refractivity contribution in [1.82, 2.24) is 9.91 Å². The van der Waals surface area contributed by atoms with Crippen LogP contribution in [0.3, 0.4) is 0 Å². The normalized spacial score (nSPS) is 23.0. The van der Waals surface area contributed by atoms with Crippen molar-refractivity contribution in [3.8, 4) is 0 Å². The van der Waals surface area contributed by atoms with Gasteiger partial charge in [0.15, 0.2) is 6.17 Å². The zero-order valence-electron chi connectivity index (χ0n) is 7.54. The summed E-state index contributed by atoms with van der Waals surface area (Å²) in [5.41, 5.74) is 0. The predicted octanol–water partition coefficient (Wildman–Crippen LogP) is 2.28. The largest absolute Gasteiger partial charge is 0.336 e. The molecule has 0 radical (unpaired) electrons. The Kier molecular flexibility index (Phi) is 3.55. The fourth-order valence-electron chi connectivity index (χ4n) is 1.33. The van der Waals surface area contributed by atoms with E-state index in [2.05, 4.69) is 12.0 Å². The Morgan fingerprint density at radius 3 is 2.54 bits per heavy atom. The molecule has 1 rings (SSSR count). The molecule has 0 aromatic rings. The van der Waals surface area contributed by atoms with Crippen LogP contribution >= 0.6 is 34.8 Å². The van der Waals surface area contributed by atoms with E-state index in [1.807, 2.05) is 4.90 Å². The monoisotopic (exact) mass is 243 g/mol. The minimum Gasteiger partial charge on any atom is -0.336 e. The van der Waals surface area contributed by atoms with Crippen LogP contribution in [-0.2, 0) is 0 Å². The van der Waals surface area contributed by atoms with Crippen molar-refractivity contribution in [3.63, 3.8) is 0 Å². The van der Waals surface area contributed by atoms with Gasteiger partial charge in [-0.25, -0.2) is 0 Å². The van der Waals surface area contributed by atoms with Crippen molar-refractivity contribution in [2.45, 2.75) is 23.3 Å². The van der Waals surface area contributed by atoms with Crippen LogP contribution < -0.4 is 0 Å². The van der Waals surface area contributed by atoms with Gasteiger partial charge in [-0.3, -0.25) is 5.01 Å². The standard InChI is InChI=1S/C7H12Cl3N3/c1-3-4-13-5-11-12(2)6(13)7(8,9)10/h5-6H,3-4H2,1-2H3. The SMILES string of the molecule is CCCN1C=NN(C)C1C(Cl)(Cl)Cl. The summed E-state index contributed by atoms with van der Waals surface area (Å²) in [6, 6.07) is 0. The first-order chi connectivity index (χ1) is 5.96. The Balaban J connectivity index is 2.70. The smallest absolute Gasteiger partial charge is 0.230 e. The van der Waals surface area contributed by atoms with E-state index in [1.165, 1.54) is 0 Å². The Morgan fingerprint density at radius 2 is 2.08 bits per heavy atom. The van der Waals surface area contributed by atoms with Crippen molar-refractivity contribution in [3.05, 3.63) is 0 Å². The first kappa shape index (κ1) is 11.2. The van der Waals surface area contributed by atoms with Crippen molar-refractivity contribution >= 4 is 41.1 Å². The van der Waals surface area contributed by atoms with Gasteiger partial charge in [0, 0.05) is 13.6 Å². The molecule has 3 nitrogen and oxygen atoms in total. The number of alkyl halides is 3. The summed E-state index contributed by atoms with van der Waals surface area (Å²) in [7, 11) is 1.79. The van der Waals surface area contributed by atoms with E-state index >= 15 is 0 Å². The van der Waals surface area contributed by atoms with E-state index < -0.39 is 3.79 Å². The van der Waals surface area contributed by atoms with Gasteiger partial charge in [0.2, 0.25) is 3.79 Å². The maximum Gasteiger partial charge on any atom is 0.230 e. The molecule has 0 aromatic carbocycles. The number of hydrogen-bond acceptors (Lipinski definition) is 3. The summed E-state index contributed by atoms with van der Waals surface area (Å²) in [5, 5.41) is 5.72. The highest BCUT2D eigenvalue weighted by Crippen LogP contribution is 2.36. The van der Waals surface area contributed by atoms with Crippen LogP contribution in [0.1, 0.15) is 13.3 Å². The highest BCUT2D eigenvalue weighted by atomic mass is 35.6. The zero-order chi connectivity index (χ0) is 10.1. The fourth-order valence-corrected chi connectivity index (χ4v) is 2.13. The molecule has 0 spiro atoms. The Labute approximate surface area is 93.2 Å². The Bertz CT molecular complexity index is 202. The molecule has 0 amide bonds. The van der Waals surface area contributed by atoms with Crippen LogP contribution in [0.15, 0.2) is 5.10 Å². The lowest BCUT2D eigenvalue weighted by molar-refractivity contribution is 0.164. The quantitative estimate of drug-likeness (QED) is 0.694. The molecule has 6 heteroatoms. The maximum atomic E-state index is 5.83. The lowest BCUT2D eigenvalue weighted by Crippen LogP contribution is -2.47. The maximum absolute atomic E-state index is 5.83. The van der Waals surface area contributed by atoms with Crippen molar-refractivity contribution in [1.29, 1.82) is 0 Å². The van der Waals surface area contributed by atoms with Gasteiger partial charge in [-0.2, -0.15) is 5.10 Å². The second kappa shape index (κ2) is 4.11. The molecule has 1 aliphatic heterocycles. The van der Waals surface area contributed by atoms with Gasteiger partial charge >= 0.3 is 0 Å². The summed E-state index contributed by atoms with van der Waals surface area (Å²) in [4.78, 5) is 1.92. The van der Waals surface area contributed by atoms with Crippen LogP contribution in [-0.4, -0.2) is 39.8 Å². The molecule has 0 saturated carbocycles. The van der Waals surface area contributed by atoms with Crippen LogP contribution in [0.2, 0.25) is 0 Å². The van der Waals surface area contributed by atoms with Crippen molar-refractivity contribution < 1.29 is 0 Å². The predicted molar refractivity (Wildman–Crippen MR) is 57.3 cm³/mol. The highest BCUT2D eigenvalue weighted by Gasteiger charge is 2.41. The Morgan fingerprint density at radius 1 is 1.46 bits per heavy atom. The fraction of sp³-hybridized carbons (Fsp3) is 0.857. The average Bonchev–Trinajstić information content (AvgIpc) is 2.31. The number of hydrazone groups is 1. The molecule has 0 saturated heterocycles. The van der Waals surface area contributed by atoms with Gasteiger partial charge < -0.3 is 4.90 Å². The minimum atomic E-state index is -1.33. The number of hydrogen-bond donors (Lipinski definition) is 0. The molecule has 1 unspecified atom stereocenters. The van der Waals surface area contributed by atoms with E-state index in [0.29, 0.717) is 0 Å². The summed E-state index contributed by atoms with van der Waals surface area (Å²) in [6.45, 7) is 2.91. The molecule has 1 heterocycles. The highest BCUT2D eigenvalue weighted by molar-refractivity contribution is 6.68. The molecular formula is C7H12Cl3N3. The molecule has 0 aliphatic carbocycles. The average molecular weight is 245 g/mol. The second-order valence-corrected chi connectivity index (χ2v) is 5.33. The number of rotatable bonds is 2. The first-order valence-corrected chi connectivity index (χ1v) is 5.19. The summed E-state index contributed by atoms with van der Waals surface area (Å²) < 4.78 is -1.33. The number of halogens is 3. The number of nitrogens with zero attached hydrogens (tertiary/aromatic N) is 3. The molecular weight excluding hydrogens is 232 g/mol. The van der Waals surface area contributed by atoms with Crippen LogP contribution in [0.25, 0.3) is 0 Å². The zero-order valence-corrected chi connectivity index (χ0v) is 9.81. The molecule has 13 heavy (non-hydrogen) atoms. The minimum absolute atomic E-state index is 0.294. The van der Waals surface area contributed by atoms with Gasteiger partial charge in [0.05, 0.1) is 0 Å². The van der Waals surface area contributed by atoms with Crippen LogP contribution in [0, 0.1) is 0 Å². The summed E-state index contributed by atoms with van der Waals surface area (Å²) in [6.07, 6.45) is 2.41. The molecule has 0 bridgehead atoms. The van der Waals surface area contributed by atoms with Crippen molar-refractivity contribution in [2.75, 3.05) is 13.6 Å². The van der Waals surface area contributed by atoms with Crippen molar-refractivity contribution in [2.24, 2.45) is 5.10 Å². The third kappa shape index (κ3) is 2.55. The molecule has 1 aliphatic rings. The summed E-state index contributed by atoms with van der Waals surface area (Å²) in [5.74, 6) is 0. The topological polar surface area (TPSA) is 18.8 Å². The van der Waals surface area contributed by atoms with Gasteiger partial charge in [-0.1, -0.05) is 41.7 Å². The van der Waals surface area contributed by atoms with Crippen LogP contribution in [0.5, 0.6) is 0 Å². The summed E-state index contributed by atoms with van der Waals surface area (Å²) >= 11 is 17.5. The Hall–Kier alpha value is 0.140. The van der Waals surface area contributed by atoms with E-state index in [4.69, 9.17) is 34.8 Å². The van der Waals surface area contributed by atoms with E-state index in [9.17, 15) is 0 Å². The van der Waals surface area contributed by atoms with E-state index in [-0.39, 0.29) is 6.17 Å². The van der Waals surface area contributed by atoms with Crippen LogP contribution in [0.4, 0.5) is 0 Å². The molecule has 0 aromatic heterocycles. The third-order valence-electron chi connectivity index (χ3n) is 1.82. The molecule has 76 valence electrons. The van der Waals surface area contributed by atoms with E-state index in [1.54, 1.807) is 18.4 Å². The van der Waals surface area contributed by atoms with Gasteiger partial charge in [0.25, 0.3) is 0 Å². The molecule has 1 atom stereocenters. The molecule has 0 N–H and O–H groups in total. The lowest BCUT2D eigenvalue weighted by Gasteiger charge is -2.33. The van der Waals surface area contributed by atoms with E-state index in [0.717, 1.165) is 13.0 Å². The molecule has 0 fully saturated rings. The van der Waals surface area contributed by atoms with Gasteiger partial charge in [-0.05, 0) is 6.42 Å². The van der Waals surface area contributed by atoms with Gasteiger partial charge in [-0.15, -0.1) is 0 Å². The third-order valence-corrected chi connectivity index (χ3v) is 2.41. The lowest BCUT2D eigenvalue weighted by atomic mass is 10.4. The van der Waals surface area contributed by atoms with Gasteiger partial charge in [0.1, 0.15) is 6.34 Å². The first-order valence-electron chi connectivity index (χ1n) is 4.06. The second-order valence-electron chi connectivity index (χ2n) is 2.96.